The van der Waals surface area contributed by atoms with Crippen molar-refractivity contribution in [2.75, 3.05) is 13.2 Å². The van der Waals surface area contributed by atoms with Crippen LogP contribution in [0.5, 0.6) is 0 Å². The summed E-state index contributed by atoms with van der Waals surface area (Å²) in [4.78, 5) is 0. The lowest BCUT2D eigenvalue weighted by atomic mass is 9.98. The van der Waals surface area contributed by atoms with Crippen LogP contribution in [0.15, 0.2) is 0 Å². The quantitative estimate of drug-likeness (QED) is 0.211. The fraction of sp³-hybridized carbons (Fsp3) is 1.00. The molecule has 2 unspecified atom stereocenters. The van der Waals surface area contributed by atoms with Crippen molar-refractivity contribution < 1.29 is 50.3 Å². The van der Waals surface area contributed by atoms with Crippen molar-refractivity contribution in [1.82, 2.24) is 0 Å². The average molecular weight is 395 g/mol. The first-order valence-electron chi connectivity index (χ1n) is 7.27. The van der Waals surface area contributed by atoms with Gasteiger partial charge in [-0.05, 0) is 0 Å². The van der Waals surface area contributed by atoms with Crippen LogP contribution in [0.25, 0.3) is 0 Å². The van der Waals surface area contributed by atoms with Crippen molar-refractivity contribution in [3.8, 4) is 0 Å². The molecule has 0 radical (unpaired) electrons. The molecule has 0 aromatic heterocycles. The Hall–Kier alpha value is -0.190. The Labute approximate surface area is 149 Å². The number of rotatable bonds is 2. The van der Waals surface area contributed by atoms with Crippen molar-refractivity contribution in [2.45, 2.75) is 61.3 Å². The minimum Gasteiger partial charge on any atom is -0.394 e. The molecule has 0 spiro atoms. The zero-order valence-electron chi connectivity index (χ0n) is 13.1. The molecule has 13 heteroatoms. The van der Waals surface area contributed by atoms with Gasteiger partial charge in [0.2, 0.25) is 0 Å². The highest BCUT2D eigenvalue weighted by Gasteiger charge is 2.42. The first-order valence-corrected chi connectivity index (χ1v) is 7.27. The van der Waals surface area contributed by atoms with E-state index in [-0.39, 0.29) is 12.4 Å². The Balaban J connectivity index is 0.000000443. The maximum Gasteiger partial charge on any atom is 0.173 e. The van der Waals surface area contributed by atoms with E-state index in [1.54, 1.807) is 0 Å². The number of nitrogens with two attached hydrogens (primary N) is 2. The third kappa shape index (κ3) is 5.90. The van der Waals surface area contributed by atoms with Gasteiger partial charge in [-0.25, -0.2) is 0 Å². The number of hydrogen-bond acceptors (Lipinski definition) is 12. The summed E-state index contributed by atoms with van der Waals surface area (Å²) in [5, 5.41) is 72.1. The predicted octanol–water partition coefficient (Wildman–Crippen LogP) is -6.09. The van der Waals surface area contributed by atoms with Crippen LogP contribution in [-0.4, -0.2) is 115 Å². The highest BCUT2D eigenvalue weighted by Crippen LogP contribution is 2.18. The van der Waals surface area contributed by atoms with E-state index in [4.69, 9.17) is 41.4 Å². The van der Waals surface area contributed by atoms with Crippen LogP contribution in [0, 0.1) is 0 Å². The number of hydrogen-bond donors (Lipinski definition) is 10. The third-order valence-electron chi connectivity index (χ3n) is 3.90. The molecule has 152 valence electrons. The molecule has 10 atom stereocenters. The van der Waals surface area contributed by atoms with E-state index in [0.717, 1.165) is 0 Å². The zero-order chi connectivity index (χ0) is 18.6. The average Bonchev–Trinajstić information content (AvgIpc) is 2.58. The molecule has 12 nitrogen and oxygen atoms in total. The molecule has 2 saturated heterocycles. The Morgan fingerprint density at radius 2 is 0.880 bits per heavy atom. The first kappa shape index (κ1) is 24.8. The van der Waals surface area contributed by atoms with E-state index in [1.807, 2.05) is 0 Å². The summed E-state index contributed by atoms with van der Waals surface area (Å²) < 4.78 is 9.40. The Kier molecular flexibility index (Phi) is 10.8. The summed E-state index contributed by atoms with van der Waals surface area (Å²) in [6.45, 7) is -0.940. The molecule has 12 N–H and O–H groups in total. The van der Waals surface area contributed by atoms with E-state index in [9.17, 15) is 20.4 Å². The Morgan fingerprint density at radius 3 is 1.12 bits per heavy atom. The van der Waals surface area contributed by atoms with Crippen molar-refractivity contribution in [1.29, 1.82) is 0 Å². The molecule has 0 aliphatic carbocycles. The number of aliphatic hydroxyl groups excluding tert-OH is 8. The van der Waals surface area contributed by atoms with Crippen LogP contribution in [0.1, 0.15) is 0 Å². The van der Waals surface area contributed by atoms with Crippen LogP contribution < -0.4 is 11.5 Å². The fourth-order valence-electron chi connectivity index (χ4n) is 2.24. The second-order valence-corrected chi connectivity index (χ2v) is 5.61. The Morgan fingerprint density at radius 1 is 0.600 bits per heavy atom. The standard InChI is InChI=1S/2C6H13NO5.ClH/c2*7-3-5(10)4(9)2(1-8)12-6(3)11;/h2*2-6,8-11H,1,7H2;1H/t2*2-,3-,4-,5-,6?;/m11./s1. The van der Waals surface area contributed by atoms with Gasteiger partial charge in [0.25, 0.3) is 0 Å². The van der Waals surface area contributed by atoms with Crippen molar-refractivity contribution in [3.63, 3.8) is 0 Å². The van der Waals surface area contributed by atoms with E-state index in [0.29, 0.717) is 0 Å². The normalized spacial score (nSPS) is 47.3. The van der Waals surface area contributed by atoms with E-state index < -0.39 is 74.5 Å². The number of ether oxygens (including phenoxy) is 2. The van der Waals surface area contributed by atoms with Crippen molar-refractivity contribution in [2.24, 2.45) is 11.5 Å². The van der Waals surface area contributed by atoms with E-state index in [1.165, 1.54) is 0 Å². The van der Waals surface area contributed by atoms with Crippen LogP contribution in [-0.2, 0) is 9.47 Å². The smallest absolute Gasteiger partial charge is 0.173 e. The lowest BCUT2D eigenvalue weighted by Crippen LogP contribution is -2.61. The van der Waals surface area contributed by atoms with Crippen LogP contribution >= 0.6 is 12.4 Å². The topological polar surface area (TPSA) is 232 Å². The predicted molar refractivity (Wildman–Crippen MR) is 83.2 cm³/mol. The molecule has 0 saturated carbocycles. The van der Waals surface area contributed by atoms with E-state index >= 15 is 0 Å². The van der Waals surface area contributed by atoms with Gasteiger partial charge in [0.05, 0.1) is 25.3 Å². The molecule has 25 heavy (non-hydrogen) atoms. The second-order valence-electron chi connectivity index (χ2n) is 5.61. The highest BCUT2D eigenvalue weighted by atomic mass is 35.5. The largest absolute Gasteiger partial charge is 0.394 e. The summed E-state index contributed by atoms with van der Waals surface area (Å²) in [6.07, 6.45) is -9.70. The lowest BCUT2D eigenvalue weighted by Gasteiger charge is -2.38. The van der Waals surface area contributed by atoms with Crippen LogP contribution in [0.4, 0.5) is 0 Å². The number of aliphatic hydroxyl groups is 8. The lowest BCUT2D eigenvalue weighted by molar-refractivity contribution is -0.248. The summed E-state index contributed by atoms with van der Waals surface area (Å²) >= 11 is 0. The van der Waals surface area contributed by atoms with E-state index in [2.05, 4.69) is 0 Å². The molecule has 0 bridgehead atoms. The molecule has 0 aromatic carbocycles. The van der Waals surface area contributed by atoms with Crippen molar-refractivity contribution >= 4 is 12.4 Å². The molecule has 2 aliphatic heterocycles. The molecular formula is C12H27ClN2O10. The fourth-order valence-corrected chi connectivity index (χ4v) is 2.24. The van der Waals surface area contributed by atoms with Gasteiger partial charge in [-0.1, -0.05) is 0 Å². The zero-order valence-corrected chi connectivity index (χ0v) is 14.0. The van der Waals surface area contributed by atoms with Gasteiger partial charge in [-0.3, -0.25) is 0 Å². The summed E-state index contributed by atoms with van der Waals surface area (Å²) in [5.74, 6) is 0. The van der Waals surface area contributed by atoms with Crippen LogP contribution in [0.2, 0.25) is 0 Å². The van der Waals surface area contributed by atoms with Gasteiger partial charge >= 0.3 is 0 Å². The van der Waals surface area contributed by atoms with Crippen LogP contribution in [0.3, 0.4) is 0 Å². The molecule has 0 aromatic rings. The summed E-state index contributed by atoms with van der Waals surface area (Å²) in [6, 6.07) is -2.08. The first-order chi connectivity index (χ1) is 11.1. The van der Waals surface area contributed by atoms with Gasteiger partial charge in [0.1, 0.15) is 36.6 Å². The summed E-state index contributed by atoms with van der Waals surface area (Å²) in [7, 11) is 0. The molecule has 2 heterocycles. The van der Waals surface area contributed by atoms with Gasteiger partial charge in [-0.15, -0.1) is 12.4 Å². The molecule has 2 aliphatic rings. The molecule has 2 fully saturated rings. The molecular weight excluding hydrogens is 368 g/mol. The minimum absolute atomic E-state index is 0. The highest BCUT2D eigenvalue weighted by molar-refractivity contribution is 5.85. The molecule has 2 rings (SSSR count). The third-order valence-corrected chi connectivity index (χ3v) is 3.90. The maximum atomic E-state index is 9.20. The van der Waals surface area contributed by atoms with Gasteiger partial charge < -0.3 is 61.8 Å². The maximum absolute atomic E-state index is 9.20. The van der Waals surface area contributed by atoms with Gasteiger partial charge in [-0.2, -0.15) is 0 Å². The SMILES string of the molecule is Cl.N[C@H]1C(O)O[C@H](CO)[C@@H](O)[C@@H]1O.N[C@H]1C(O)O[C@H](CO)[C@@H](O)[C@@H]1O. The van der Waals surface area contributed by atoms with Gasteiger partial charge in [0.15, 0.2) is 12.6 Å². The second kappa shape index (κ2) is 10.8. The molecule has 0 amide bonds. The van der Waals surface area contributed by atoms with Gasteiger partial charge in [0, 0.05) is 0 Å². The Bertz CT molecular complexity index is 340. The summed E-state index contributed by atoms with van der Waals surface area (Å²) in [5.41, 5.74) is 10.5. The number of halogens is 1. The minimum atomic E-state index is -1.35. The monoisotopic (exact) mass is 394 g/mol. The van der Waals surface area contributed by atoms with Crippen molar-refractivity contribution in [3.05, 3.63) is 0 Å².